The molecule has 0 spiro atoms. The number of hydrogen-bond donors (Lipinski definition) is 1. The molecule has 0 bridgehead atoms. The second-order valence-corrected chi connectivity index (χ2v) is 8.98. The van der Waals surface area contributed by atoms with Crippen LogP contribution in [0.1, 0.15) is 48.0 Å². The number of nitrogens with zero attached hydrogens (tertiary/aromatic N) is 3. The zero-order valence-electron chi connectivity index (χ0n) is 14.8. The van der Waals surface area contributed by atoms with Crippen LogP contribution in [0.5, 0.6) is 0 Å². The maximum absolute atomic E-state index is 12.9. The third-order valence-corrected chi connectivity index (χ3v) is 7.41. The molecule has 3 rings (SSSR count). The van der Waals surface area contributed by atoms with E-state index >= 15 is 0 Å². The van der Waals surface area contributed by atoms with Gasteiger partial charge in [0.05, 0.1) is 10.6 Å². The molecule has 2 aromatic rings. The van der Waals surface area contributed by atoms with Crippen LogP contribution in [0.2, 0.25) is 0 Å². The largest absolute Gasteiger partial charge is 0.321 e. The van der Waals surface area contributed by atoms with Crippen molar-refractivity contribution < 1.29 is 13.2 Å². The number of anilines is 1. The standard InChI is InChI=1S/C17H22N4O3S2/c1-3-14-6-4-5-11-21(14)26(23,24)15-9-7-13(8-10-15)18-17(22)16-12(2)19-20-25-16/h7-10,14H,3-6,11H2,1-2H3,(H,18,22). The summed E-state index contributed by atoms with van der Waals surface area (Å²) >= 11 is 1.03. The summed E-state index contributed by atoms with van der Waals surface area (Å²) < 4.78 is 31.3. The molecule has 1 saturated heterocycles. The molecule has 26 heavy (non-hydrogen) atoms. The van der Waals surface area contributed by atoms with Crippen LogP contribution in [0.15, 0.2) is 29.2 Å². The van der Waals surface area contributed by atoms with E-state index in [1.807, 2.05) is 6.92 Å². The molecular formula is C17H22N4O3S2. The van der Waals surface area contributed by atoms with Gasteiger partial charge in [-0.2, -0.15) is 4.31 Å². The Kier molecular flexibility index (Phi) is 5.69. The monoisotopic (exact) mass is 394 g/mol. The summed E-state index contributed by atoms with van der Waals surface area (Å²) in [5, 5.41) is 6.56. The maximum atomic E-state index is 12.9. The number of benzene rings is 1. The van der Waals surface area contributed by atoms with E-state index in [-0.39, 0.29) is 16.8 Å². The van der Waals surface area contributed by atoms with E-state index in [9.17, 15) is 13.2 Å². The highest BCUT2D eigenvalue weighted by atomic mass is 32.2. The molecule has 1 atom stereocenters. The Hall–Kier alpha value is -1.84. The fourth-order valence-electron chi connectivity index (χ4n) is 3.17. The second-order valence-electron chi connectivity index (χ2n) is 6.34. The summed E-state index contributed by atoms with van der Waals surface area (Å²) in [6.45, 7) is 4.31. The van der Waals surface area contributed by atoms with Crippen LogP contribution in [0.25, 0.3) is 0 Å². The second kappa shape index (κ2) is 7.81. The Labute approximate surface area is 157 Å². The molecule has 1 aliphatic heterocycles. The summed E-state index contributed by atoms with van der Waals surface area (Å²) in [4.78, 5) is 12.9. The van der Waals surface area contributed by atoms with E-state index in [0.717, 1.165) is 37.2 Å². The van der Waals surface area contributed by atoms with Crippen LogP contribution in [0.4, 0.5) is 5.69 Å². The first-order chi connectivity index (χ1) is 12.4. The van der Waals surface area contributed by atoms with Gasteiger partial charge in [-0.3, -0.25) is 4.79 Å². The van der Waals surface area contributed by atoms with E-state index in [0.29, 0.717) is 22.8 Å². The summed E-state index contributed by atoms with van der Waals surface area (Å²) in [6, 6.07) is 6.38. The predicted octanol–water partition coefficient (Wildman–Crippen LogP) is 3.05. The number of carbonyl (C=O) groups excluding carboxylic acids is 1. The van der Waals surface area contributed by atoms with Gasteiger partial charge in [-0.15, -0.1) is 5.10 Å². The van der Waals surface area contributed by atoms with E-state index in [4.69, 9.17) is 0 Å². The number of aromatic nitrogens is 2. The molecule has 0 aliphatic carbocycles. The molecule has 1 aromatic heterocycles. The Morgan fingerprint density at radius 1 is 1.31 bits per heavy atom. The highest BCUT2D eigenvalue weighted by Crippen LogP contribution is 2.27. The molecule has 1 unspecified atom stereocenters. The minimum atomic E-state index is -3.52. The van der Waals surface area contributed by atoms with Gasteiger partial charge in [0.25, 0.3) is 5.91 Å². The number of amides is 1. The van der Waals surface area contributed by atoms with Crippen LogP contribution in [-0.2, 0) is 10.0 Å². The fraction of sp³-hybridized carbons (Fsp3) is 0.471. The smallest absolute Gasteiger partial charge is 0.269 e. The van der Waals surface area contributed by atoms with Gasteiger partial charge in [-0.05, 0) is 62.0 Å². The number of piperidine rings is 1. The normalized spacial score (nSPS) is 18.6. The quantitative estimate of drug-likeness (QED) is 0.841. The average molecular weight is 395 g/mol. The van der Waals surface area contributed by atoms with Crippen LogP contribution < -0.4 is 5.32 Å². The minimum absolute atomic E-state index is 0.0648. The molecule has 0 saturated carbocycles. The van der Waals surface area contributed by atoms with Crippen LogP contribution in [0.3, 0.4) is 0 Å². The Balaban J connectivity index is 1.76. The van der Waals surface area contributed by atoms with Crippen molar-refractivity contribution in [2.24, 2.45) is 0 Å². The molecule has 1 aliphatic rings. The van der Waals surface area contributed by atoms with Gasteiger partial charge in [-0.25, -0.2) is 8.42 Å². The van der Waals surface area contributed by atoms with Crippen LogP contribution >= 0.6 is 11.5 Å². The SMILES string of the molecule is CCC1CCCCN1S(=O)(=O)c1ccc(NC(=O)c2snnc2C)cc1. The van der Waals surface area contributed by atoms with Gasteiger partial charge in [0.2, 0.25) is 10.0 Å². The molecule has 7 nitrogen and oxygen atoms in total. The molecule has 1 fully saturated rings. The van der Waals surface area contributed by atoms with Gasteiger partial charge in [0.1, 0.15) is 4.88 Å². The third-order valence-electron chi connectivity index (χ3n) is 4.62. The number of nitrogens with one attached hydrogen (secondary N) is 1. The van der Waals surface area contributed by atoms with Crippen molar-refractivity contribution in [3.8, 4) is 0 Å². The fourth-order valence-corrected chi connectivity index (χ4v) is 5.49. The van der Waals surface area contributed by atoms with Crippen molar-refractivity contribution >= 4 is 33.2 Å². The zero-order chi connectivity index (χ0) is 18.7. The summed E-state index contributed by atoms with van der Waals surface area (Å²) in [6.07, 6.45) is 3.69. The highest BCUT2D eigenvalue weighted by molar-refractivity contribution is 7.89. The third kappa shape index (κ3) is 3.79. The van der Waals surface area contributed by atoms with Gasteiger partial charge in [-0.1, -0.05) is 17.8 Å². The molecular weight excluding hydrogens is 372 g/mol. The molecule has 0 radical (unpaired) electrons. The van der Waals surface area contributed by atoms with Crippen molar-refractivity contribution in [2.75, 3.05) is 11.9 Å². The van der Waals surface area contributed by atoms with E-state index in [1.165, 1.54) is 0 Å². The average Bonchev–Trinajstić information content (AvgIpc) is 3.08. The number of aryl methyl sites for hydroxylation is 1. The molecule has 140 valence electrons. The van der Waals surface area contributed by atoms with Crippen molar-refractivity contribution in [3.63, 3.8) is 0 Å². The van der Waals surface area contributed by atoms with Gasteiger partial charge in [0, 0.05) is 18.3 Å². The van der Waals surface area contributed by atoms with Crippen LogP contribution in [0, 0.1) is 6.92 Å². The lowest BCUT2D eigenvalue weighted by Gasteiger charge is -2.34. The van der Waals surface area contributed by atoms with Gasteiger partial charge >= 0.3 is 0 Å². The van der Waals surface area contributed by atoms with Crippen molar-refractivity contribution in [1.82, 2.24) is 13.9 Å². The maximum Gasteiger partial charge on any atom is 0.269 e. The van der Waals surface area contributed by atoms with E-state index in [2.05, 4.69) is 14.9 Å². The Bertz CT molecular complexity index is 878. The predicted molar refractivity (Wildman–Crippen MR) is 101 cm³/mol. The lowest BCUT2D eigenvalue weighted by atomic mass is 10.0. The van der Waals surface area contributed by atoms with Gasteiger partial charge in [0.15, 0.2) is 0 Å². The molecule has 1 aromatic carbocycles. The summed E-state index contributed by atoms with van der Waals surface area (Å²) in [5.41, 5.74) is 1.11. The Morgan fingerprint density at radius 2 is 2.04 bits per heavy atom. The van der Waals surface area contributed by atoms with Gasteiger partial charge < -0.3 is 5.32 Å². The number of rotatable bonds is 5. The molecule has 9 heteroatoms. The minimum Gasteiger partial charge on any atom is -0.321 e. The first kappa shape index (κ1) is 18.9. The molecule has 1 amide bonds. The number of hydrogen-bond acceptors (Lipinski definition) is 6. The van der Waals surface area contributed by atoms with Crippen molar-refractivity contribution in [2.45, 2.75) is 50.5 Å². The van der Waals surface area contributed by atoms with E-state index < -0.39 is 10.0 Å². The molecule has 1 N–H and O–H groups in total. The van der Waals surface area contributed by atoms with E-state index in [1.54, 1.807) is 35.5 Å². The first-order valence-corrected chi connectivity index (χ1v) is 10.9. The molecule has 2 heterocycles. The first-order valence-electron chi connectivity index (χ1n) is 8.65. The summed E-state index contributed by atoms with van der Waals surface area (Å²) in [7, 11) is -3.52. The lowest BCUT2D eigenvalue weighted by molar-refractivity contribution is 0.103. The van der Waals surface area contributed by atoms with Crippen LogP contribution in [-0.4, -0.2) is 40.8 Å². The highest BCUT2D eigenvalue weighted by Gasteiger charge is 2.32. The lowest BCUT2D eigenvalue weighted by Crippen LogP contribution is -2.43. The van der Waals surface area contributed by atoms with Crippen molar-refractivity contribution in [3.05, 3.63) is 34.8 Å². The topological polar surface area (TPSA) is 92.3 Å². The number of sulfonamides is 1. The zero-order valence-corrected chi connectivity index (χ0v) is 16.4. The number of carbonyl (C=O) groups is 1. The van der Waals surface area contributed by atoms with Crippen molar-refractivity contribution in [1.29, 1.82) is 0 Å². The Morgan fingerprint density at radius 3 is 2.65 bits per heavy atom. The summed E-state index contributed by atoms with van der Waals surface area (Å²) in [5.74, 6) is -0.296.